The second kappa shape index (κ2) is 7.37. The van der Waals surface area contributed by atoms with E-state index in [2.05, 4.69) is 22.2 Å². The smallest absolute Gasteiger partial charge is 0.351 e. The fourth-order valence-corrected chi connectivity index (χ4v) is 2.96. The topological polar surface area (TPSA) is 84.2 Å². The van der Waals surface area contributed by atoms with Gasteiger partial charge in [0.2, 0.25) is 11.6 Å². The molecule has 2 aromatic rings. The summed E-state index contributed by atoms with van der Waals surface area (Å²) >= 11 is 0. The molecule has 1 saturated heterocycles. The van der Waals surface area contributed by atoms with E-state index < -0.39 is 16.7 Å². The molecule has 7 nitrogen and oxygen atoms in total. The number of hydrogen-bond donors (Lipinski definition) is 1. The highest BCUT2D eigenvalue weighted by atomic mass is 19.4. The van der Waals surface area contributed by atoms with Gasteiger partial charge in [-0.3, -0.25) is 10.1 Å². The van der Waals surface area contributed by atoms with Crippen LogP contribution in [0.3, 0.4) is 0 Å². The van der Waals surface area contributed by atoms with E-state index in [1.807, 2.05) is 4.90 Å². The van der Waals surface area contributed by atoms with E-state index in [-0.39, 0.29) is 23.0 Å². The highest BCUT2D eigenvalue weighted by Gasteiger charge is 2.31. The van der Waals surface area contributed by atoms with Gasteiger partial charge < -0.3 is 10.2 Å². The van der Waals surface area contributed by atoms with E-state index >= 15 is 0 Å². The first kappa shape index (κ1) is 18.9. The molecule has 0 amide bonds. The average Bonchev–Trinajstić information content (AvgIpc) is 2.61. The maximum absolute atomic E-state index is 12.7. The summed E-state index contributed by atoms with van der Waals surface area (Å²) in [4.78, 5) is 20.9. The molecule has 0 saturated carbocycles. The number of nitrogens with one attached hydrogen (secondary N) is 1. The Kier molecular flexibility index (Phi) is 5.15. The Morgan fingerprint density at radius 2 is 1.81 bits per heavy atom. The summed E-state index contributed by atoms with van der Waals surface area (Å²) in [5.74, 6) is 0.714. The van der Waals surface area contributed by atoms with Crippen molar-refractivity contribution in [3.8, 4) is 0 Å². The summed E-state index contributed by atoms with van der Waals surface area (Å²) in [7, 11) is 0. The van der Waals surface area contributed by atoms with Gasteiger partial charge in [0.15, 0.2) is 0 Å². The van der Waals surface area contributed by atoms with E-state index in [4.69, 9.17) is 0 Å². The lowest BCUT2D eigenvalue weighted by Gasteiger charge is -2.30. The molecule has 1 aliphatic rings. The molecule has 0 radical (unpaired) electrons. The average molecular weight is 381 g/mol. The number of aromatic nitrogens is 2. The minimum absolute atomic E-state index is 0.0524. The number of hydrogen-bond acceptors (Lipinski definition) is 6. The van der Waals surface area contributed by atoms with Crippen LogP contribution in [0.4, 0.5) is 36.2 Å². The van der Waals surface area contributed by atoms with Crippen molar-refractivity contribution in [2.75, 3.05) is 23.3 Å². The Bertz CT molecular complexity index is 818. The molecule has 10 heteroatoms. The fraction of sp³-hybridized carbons (Fsp3) is 0.412. The summed E-state index contributed by atoms with van der Waals surface area (Å²) in [6.45, 7) is 3.43. The van der Waals surface area contributed by atoms with Crippen molar-refractivity contribution in [1.82, 2.24) is 9.97 Å². The molecular formula is C17H18F3N5O2. The van der Waals surface area contributed by atoms with Gasteiger partial charge in [0.05, 0.1) is 10.5 Å². The van der Waals surface area contributed by atoms with Crippen LogP contribution in [-0.4, -0.2) is 28.0 Å². The standard InChI is InChI=1S/C17H18F3N5O2/c1-11-6-8-24(9-7-11)16-14(25(26)27)15(21-10-22-16)23-13-4-2-12(3-5-13)17(18,19)20/h2-5,10-11H,6-9H2,1H3,(H,21,22,23). The van der Waals surface area contributed by atoms with Crippen LogP contribution in [-0.2, 0) is 6.18 Å². The van der Waals surface area contributed by atoms with Crippen LogP contribution >= 0.6 is 0 Å². The fourth-order valence-electron chi connectivity index (χ4n) is 2.96. The third kappa shape index (κ3) is 4.26. The van der Waals surface area contributed by atoms with Gasteiger partial charge in [-0.25, -0.2) is 9.97 Å². The molecule has 0 atom stereocenters. The number of nitro groups is 1. The van der Waals surface area contributed by atoms with E-state index in [9.17, 15) is 23.3 Å². The first-order valence-electron chi connectivity index (χ1n) is 8.44. The van der Waals surface area contributed by atoms with Gasteiger partial charge in [0.1, 0.15) is 6.33 Å². The number of rotatable bonds is 4. The van der Waals surface area contributed by atoms with Crippen LogP contribution in [0.5, 0.6) is 0 Å². The zero-order valence-electron chi connectivity index (χ0n) is 14.5. The van der Waals surface area contributed by atoms with Crippen molar-refractivity contribution in [3.63, 3.8) is 0 Å². The molecule has 27 heavy (non-hydrogen) atoms. The Hall–Kier alpha value is -2.91. The van der Waals surface area contributed by atoms with Crippen LogP contribution in [0.15, 0.2) is 30.6 Å². The largest absolute Gasteiger partial charge is 0.416 e. The van der Waals surface area contributed by atoms with Crippen LogP contribution in [0.1, 0.15) is 25.3 Å². The number of nitrogens with zero attached hydrogens (tertiary/aromatic N) is 4. The van der Waals surface area contributed by atoms with E-state index in [0.29, 0.717) is 19.0 Å². The van der Waals surface area contributed by atoms with Gasteiger partial charge in [-0.1, -0.05) is 6.92 Å². The minimum atomic E-state index is -4.45. The molecule has 1 fully saturated rings. The Morgan fingerprint density at radius 1 is 1.19 bits per heavy atom. The Morgan fingerprint density at radius 3 is 2.37 bits per heavy atom. The maximum Gasteiger partial charge on any atom is 0.416 e. The number of anilines is 3. The van der Waals surface area contributed by atoms with Gasteiger partial charge in [-0.2, -0.15) is 13.2 Å². The van der Waals surface area contributed by atoms with Gasteiger partial charge >= 0.3 is 11.9 Å². The predicted octanol–water partition coefficient (Wildman–Crippen LogP) is 4.38. The van der Waals surface area contributed by atoms with Gasteiger partial charge in [-0.05, 0) is 43.0 Å². The SMILES string of the molecule is CC1CCN(c2ncnc(Nc3ccc(C(F)(F)F)cc3)c2[N+](=O)[O-])CC1. The molecule has 3 rings (SSSR count). The van der Waals surface area contributed by atoms with Crippen molar-refractivity contribution in [2.24, 2.45) is 5.92 Å². The zero-order chi connectivity index (χ0) is 19.6. The van der Waals surface area contributed by atoms with Crippen LogP contribution in [0.25, 0.3) is 0 Å². The minimum Gasteiger partial charge on any atom is -0.351 e. The lowest BCUT2D eigenvalue weighted by Crippen LogP contribution is -2.34. The number of benzene rings is 1. The second-order valence-electron chi connectivity index (χ2n) is 6.52. The molecule has 1 aliphatic heterocycles. The van der Waals surface area contributed by atoms with E-state index in [1.54, 1.807) is 0 Å². The van der Waals surface area contributed by atoms with Crippen molar-refractivity contribution in [3.05, 3.63) is 46.3 Å². The summed E-state index contributed by atoms with van der Waals surface area (Å²) in [5.41, 5.74) is -0.816. The number of piperidine rings is 1. The summed E-state index contributed by atoms with van der Waals surface area (Å²) in [6, 6.07) is 4.22. The highest BCUT2D eigenvalue weighted by Crippen LogP contribution is 2.36. The van der Waals surface area contributed by atoms with Gasteiger partial charge in [0.25, 0.3) is 0 Å². The lowest BCUT2D eigenvalue weighted by molar-refractivity contribution is -0.383. The molecule has 1 aromatic heterocycles. The molecule has 144 valence electrons. The van der Waals surface area contributed by atoms with E-state index in [0.717, 1.165) is 25.0 Å². The quantitative estimate of drug-likeness (QED) is 0.625. The number of alkyl halides is 3. The Balaban J connectivity index is 1.89. The summed E-state index contributed by atoms with van der Waals surface area (Å²) < 4.78 is 38.0. The molecule has 2 heterocycles. The van der Waals surface area contributed by atoms with Crippen LogP contribution in [0, 0.1) is 16.0 Å². The van der Waals surface area contributed by atoms with Crippen LogP contribution < -0.4 is 10.2 Å². The molecule has 0 unspecified atom stereocenters. The molecule has 0 aliphatic carbocycles. The molecule has 1 N–H and O–H groups in total. The first-order chi connectivity index (χ1) is 12.8. The van der Waals surface area contributed by atoms with Crippen molar-refractivity contribution in [1.29, 1.82) is 0 Å². The number of halogens is 3. The monoisotopic (exact) mass is 381 g/mol. The molecule has 0 spiro atoms. The first-order valence-corrected chi connectivity index (χ1v) is 8.44. The lowest BCUT2D eigenvalue weighted by atomic mass is 9.99. The van der Waals surface area contributed by atoms with Crippen LogP contribution in [0.2, 0.25) is 0 Å². The van der Waals surface area contributed by atoms with Crippen molar-refractivity contribution < 1.29 is 18.1 Å². The zero-order valence-corrected chi connectivity index (χ0v) is 14.5. The van der Waals surface area contributed by atoms with Gasteiger partial charge in [-0.15, -0.1) is 0 Å². The van der Waals surface area contributed by atoms with Crippen molar-refractivity contribution in [2.45, 2.75) is 25.9 Å². The summed E-state index contributed by atoms with van der Waals surface area (Å²) in [5, 5.41) is 14.4. The highest BCUT2D eigenvalue weighted by molar-refractivity contribution is 5.74. The molecular weight excluding hydrogens is 363 g/mol. The summed E-state index contributed by atoms with van der Waals surface area (Å²) in [6.07, 6.45) is -1.42. The third-order valence-corrected chi connectivity index (χ3v) is 4.54. The molecule has 0 bridgehead atoms. The van der Waals surface area contributed by atoms with Crippen molar-refractivity contribution >= 4 is 23.0 Å². The predicted molar refractivity (Wildman–Crippen MR) is 94.0 cm³/mol. The Labute approximate surface area is 153 Å². The van der Waals surface area contributed by atoms with Gasteiger partial charge in [0, 0.05) is 18.8 Å². The third-order valence-electron chi connectivity index (χ3n) is 4.54. The maximum atomic E-state index is 12.7. The van der Waals surface area contributed by atoms with E-state index in [1.165, 1.54) is 18.5 Å². The normalized spacial score (nSPS) is 15.6. The second-order valence-corrected chi connectivity index (χ2v) is 6.52. The molecule has 1 aromatic carbocycles.